The number of imide groups is 1. The standard InChI is InChI=1S/C30H30N4O12S/c1-13(35)44-18-11-17(12-19(45-14(2)36)22(18)46-15(3)37)24(38)33-29(43)32-20(16-9-7-6-8-10-16)25(39)31-21-26(40)34-23(28(41)42)30(4,5)47-27(21)34/h6-12,20-21,23,27H,1-5H3,(H,31,39)(H,41,42)(H2,32,33,38,43)/t20?,21-,23+,27-/m1/s1. The van der Waals surface area contributed by atoms with Crippen molar-refractivity contribution in [3.05, 3.63) is 53.6 Å². The topological polar surface area (TPSA) is 224 Å². The first kappa shape index (κ1) is 34.4. The number of hydrogen-bond donors (Lipinski definition) is 4. The summed E-state index contributed by atoms with van der Waals surface area (Å²) in [7, 11) is 0. The molecule has 248 valence electrons. The first-order valence-corrected chi connectivity index (χ1v) is 14.8. The van der Waals surface area contributed by atoms with Crippen molar-refractivity contribution in [3.8, 4) is 17.2 Å². The smallest absolute Gasteiger partial charge is 0.327 e. The van der Waals surface area contributed by atoms with E-state index in [1.807, 2.05) is 5.32 Å². The third-order valence-corrected chi connectivity index (χ3v) is 8.48. The molecule has 2 heterocycles. The monoisotopic (exact) mass is 670 g/mol. The lowest BCUT2D eigenvalue weighted by Crippen LogP contribution is -2.71. The predicted octanol–water partition coefficient (Wildman–Crippen LogP) is 1.27. The maximum atomic E-state index is 13.5. The lowest BCUT2D eigenvalue weighted by molar-refractivity contribution is -0.161. The Balaban J connectivity index is 1.55. The van der Waals surface area contributed by atoms with Gasteiger partial charge in [0.15, 0.2) is 11.5 Å². The van der Waals surface area contributed by atoms with E-state index in [0.717, 1.165) is 32.9 Å². The number of β-lactam (4-membered cyclic amide) rings is 1. The fraction of sp³-hybridized carbons (Fsp3) is 0.333. The fourth-order valence-corrected chi connectivity index (χ4v) is 6.71. The molecule has 4 rings (SSSR count). The number of fused-ring (bicyclic) bond motifs is 1. The van der Waals surface area contributed by atoms with Crippen molar-refractivity contribution >= 4 is 59.4 Å². The van der Waals surface area contributed by atoms with Crippen LogP contribution in [0.2, 0.25) is 0 Å². The summed E-state index contributed by atoms with van der Waals surface area (Å²) in [5.41, 5.74) is -0.0719. The number of carbonyl (C=O) groups excluding carboxylic acids is 7. The average Bonchev–Trinajstić information content (AvgIpc) is 3.23. The zero-order valence-corrected chi connectivity index (χ0v) is 26.5. The molecule has 2 aliphatic heterocycles. The fourth-order valence-electron chi connectivity index (χ4n) is 5.08. The molecule has 47 heavy (non-hydrogen) atoms. The Labute approximate surface area is 271 Å². The van der Waals surface area contributed by atoms with E-state index >= 15 is 0 Å². The SMILES string of the molecule is CC(=O)Oc1cc(C(=O)NC(=O)NC(C(=O)N[C@@H]2C(=O)N3[C@@H]2SC(C)(C)[C@@H]3C(=O)O)c2ccccc2)cc(OC(C)=O)c1OC(C)=O. The van der Waals surface area contributed by atoms with Crippen LogP contribution in [0.1, 0.15) is 56.6 Å². The van der Waals surface area contributed by atoms with Crippen molar-refractivity contribution in [2.24, 2.45) is 0 Å². The van der Waals surface area contributed by atoms with Crippen LogP contribution >= 0.6 is 11.8 Å². The lowest BCUT2D eigenvalue weighted by atomic mass is 9.95. The van der Waals surface area contributed by atoms with E-state index in [9.17, 15) is 43.5 Å². The molecular weight excluding hydrogens is 640 g/mol. The second-order valence-corrected chi connectivity index (χ2v) is 12.7. The number of urea groups is 1. The van der Waals surface area contributed by atoms with E-state index in [0.29, 0.717) is 5.56 Å². The average molecular weight is 671 g/mol. The van der Waals surface area contributed by atoms with Crippen LogP contribution in [0.25, 0.3) is 0 Å². The van der Waals surface area contributed by atoms with Gasteiger partial charge < -0.3 is 34.9 Å². The zero-order valence-electron chi connectivity index (χ0n) is 25.6. The Hall–Kier alpha value is -5.45. The Kier molecular flexibility index (Phi) is 9.89. The number of esters is 3. The molecule has 2 fully saturated rings. The summed E-state index contributed by atoms with van der Waals surface area (Å²) in [4.78, 5) is 101. The second kappa shape index (κ2) is 13.5. The molecule has 0 spiro atoms. The molecule has 17 heteroatoms. The Morgan fingerprint density at radius 1 is 0.894 bits per heavy atom. The molecule has 0 aliphatic carbocycles. The molecule has 2 aromatic rings. The largest absolute Gasteiger partial charge is 0.480 e. The number of thioether (sulfide) groups is 1. The highest BCUT2D eigenvalue weighted by Gasteiger charge is 2.64. The number of aliphatic carboxylic acids is 1. The van der Waals surface area contributed by atoms with Gasteiger partial charge in [0.2, 0.25) is 17.6 Å². The quantitative estimate of drug-likeness (QED) is 0.168. The zero-order chi connectivity index (χ0) is 34.8. The van der Waals surface area contributed by atoms with Gasteiger partial charge in [0, 0.05) is 31.1 Å². The van der Waals surface area contributed by atoms with Gasteiger partial charge in [-0.3, -0.25) is 34.1 Å². The Morgan fingerprint density at radius 2 is 1.45 bits per heavy atom. The van der Waals surface area contributed by atoms with Gasteiger partial charge >= 0.3 is 29.9 Å². The van der Waals surface area contributed by atoms with E-state index in [-0.39, 0.29) is 5.56 Å². The van der Waals surface area contributed by atoms with Gasteiger partial charge in [0.25, 0.3) is 5.91 Å². The first-order chi connectivity index (χ1) is 22.0. The van der Waals surface area contributed by atoms with Crippen molar-refractivity contribution in [1.82, 2.24) is 20.9 Å². The van der Waals surface area contributed by atoms with Crippen LogP contribution in [-0.2, 0) is 28.8 Å². The van der Waals surface area contributed by atoms with Gasteiger partial charge in [-0.2, -0.15) is 0 Å². The molecule has 2 aliphatic rings. The van der Waals surface area contributed by atoms with Crippen molar-refractivity contribution in [2.45, 2.75) is 62.9 Å². The van der Waals surface area contributed by atoms with Gasteiger partial charge in [0.1, 0.15) is 23.5 Å². The summed E-state index contributed by atoms with van der Waals surface area (Å²) >= 11 is 1.22. The van der Waals surface area contributed by atoms with E-state index in [1.165, 1.54) is 28.8 Å². The summed E-state index contributed by atoms with van der Waals surface area (Å²) in [5, 5.41) is 16.0. The van der Waals surface area contributed by atoms with E-state index in [4.69, 9.17) is 14.2 Å². The number of hydrogen-bond acceptors (Lipinski definition) is 12. The maximum Gasteiger partial charge on any atom is 0.327 e. The van der Waals surface area contributed by atoms with E-state index in [1.54, 1.807) is 32.0 Å². The molecule has 5 amide bonds. The van der Waals surface area contributed by atoms with Crippen LogP contribution < -0.4 is 30.2 Å². The van der Waals surface area contributed by atoms with E-state index in [2.05, 4.69) is 10.6 Å². The molecule has 4 atom stereocenters. The number of benzene rings is 2. The molecule has 2 saturated heterocycles. The van der Waals surface area contributed by atoms with Crippen LogP contribution in [0.4, 0.5) is 4.79 Å². The van der Waals surface area contributed by atoms with Gasteiger partial charge in [0.05, 0.1) is 0 Å². The molecular formula is C30H30N4O12S. The van der Waals surface area contributed by atoms with E-state index < -0.39 is 93.1 Å². The highest BCUT2D eigenvalue weighted by atomic mass is 32.2. The van der Waals surface area contributed by atoms with Crippen LogP contribution in [0.15, 0.2) is 42.5 Å². The van der Waals surface area contributed by atoms with Crippen LogP contribution in [0.5, 0.6) is 17.2 Å². The number of rotatable bonds is 9. The van der Waals surface area contributed by atoms with Gasteiger partial charge in [-0.15, -0.1) is 11.8 Å². The third-order valence-electron chi connectivity index (χ3n) is 6.91. The van der Waals surface area contributed by atoms with Gasteiger partial charge in [-0.05, 0) is 31.5 Å². The van der Waals surface area contributed by atoms with Crippen molar-refractivity contribution in [1.29, 1.82) is 0 Å². The van der Waals surface area contributed by atoms with Crippen molar-refractivity contribution in [2.75, 3.05) is 0 Å². The number of carbonyl (C=O) groups is 8. The second-order valence-electron chi connectivity index (χ2n) is 10.9. The Morgan fingerprint density at radius 3 is 1.96 bits per heavy atom. The van der Waals surface area contributed by atoms with Gasteiger partial charge in [-0.25, -0.2) is 9.59 Å². The molecule has 16 nitrogen and oxygen atoms in total. The summed E-state index contributed by atoms with van der Waals surface area (Å²) < 4.78 is 14.3. The number of nitrogens with zero attached hydrogens (tertiary/aromatic N) is 1. The normalized spacial score (nSPS) is 19.6. The molecule has 0 saturated carbocycles. The number of carboxylic acid groups (broad SMARTS) is 1. The highest BCUT2D eigenvalue weighted by Crippen LogP contribution is 2.50. The highest BCUT2D eigenvalue weighted by molar-refractivity contribution is 8.01. The Bertz CT molecular complexity index is 1640. The molecule has 0 bridgehead atoms. The van der Waals surface area contributed by atoms with Gasteiger partial charge in [-0.1, -0.05) is 30.3 Å². The van der Waals surface area contributed by atoms with Crippen LogP contribution in [0, 0.1) is 0 Å². The molecule has 2 aromatic carbocycles. The minimum absolute atomic E-state index is 0.291. The van der Waals surface area contributed by atoms with Crippen LogP contribution in [-0.4, -0.2) is 79.8 Å². The first-order valence-electron chi connectivity index (χ1n) is 13.9. The molecule has 1 unspecified atom stereocenters. The van der Waals surface area contributed by atoms with Crippen molar-refractivity contribution in [3.63, 3.8) is 0 Å². The maximum absolute atomic E-state index is 13.5. The summed E-state index contributed by atoms with van der Waals surface area (Å²) in [6.07, 6.45) is 0. The number of ether oxygens (including phenoxy) is 3. The summed E-state index contributed by atoms with van der Waals surface area (Å²) in [6, 6.07) is 5.12. The molecule has 0 aromatic heterocycles. The number of nitrogens with one attached hydrogen (secondary N) is 3. The number of amides is 5. The van der Waals surface area contributed by atoms with Crippen molar-refractivity contribution < 1.29 is 57.7 Å². The summed E-state index contributed by atoms with van der Waals surface area (Å²) in [5.74, 6) is -7.66. The molecule has 0 radical (unpaired) electrons. The minimum Gasteiger partial charge on any atom is -0.480 e. The lowest BCUT2D eigenvalue weighted by Gasteiger charge is -2.44. The molecule has 4 N–H and O–H groups in total. The number of carboxylic acids is 1. The van der Waals surface area contributed by atoms with Crippen LogP contribution in [0.3, 0.4) is 0 Å². The predicted molar refractivity (Wildman–Crippen MR) is 161 cm³/mol. The minimum atomic E-state index is -1.42. The third kappa shape index (κ3) is 7.51. The summed E-state index contributed by atoms with van der Waals surface area (Å²) in [6.45, 7) is 6.47.